The largest absolute Gasteiger partial charge is 0.117 e. The number of allylic oxidation sites excluding steroid dienone is 2. The minimum absolute atomic E-state index is 0.737. The van der Waals surface area contributed by atoms with Crippen LogP contribution in [0.15, 0.2) is 41.6 Å². The Kier molecular flexibility index (Phi) is 4.76. The molecule has 0 spiro atoms. The van der Waals surface area contributed by atoms with Crippen molar-refractivity contribution in [1.29, 1.82) is 0 Å². The highest BCUT2D eigenvalue weighted by atomic mass is 28.3. The second kappa shape index (κ2) is 5.68. The Morgan fingerprint density at radius 3 is 1.82 bits per heavy atom. The van der Waals surface area contributed by atoms with Crippen LogP contribution in [0, 0.1) is 0 Å². The quantitative estimate of drug-likeness (QED) is 0.677. The van der Waals surface area contributed by atoms with Gasteiger partial charge in [-0.05, 0) is 24.9 Å². The molecule has 1 rings (SSSR count). The topological polar surface area (TPSA) is 0 Å². The van der Waals surface area contributed by atoms with Gasteiger partial charge in [-0.15, -0.1) is 0 Å². The van der Waals surface area contributed by atoms with Crippen LogP contribution in [0.2, 0.25) is 11.1 Å². The van der Waals surface area contributed by atoms with Gasteiger partial charge in [0.25, 0.3) is 0 Å². The normalized spacial score (nSPS) is 13.5. The van der Waals surface area contributed by atoms with Gasteiger partial charge in [-0.3, -0.25) is 0 Å². The molecule has 0 atom stereocenters. The van der Waals surface area contributed by atoms with Crippen LogP contribution in [-0.2, 0) is 0 Å². The van der Waals surface area contributed by atoms with Gasteiger partial charge in [0.15, 0.2) is 0 Å². The summed E-state index contributed by atoms with van der Waals surface area (Å²) in [4.78, 5) is 0. The van der Waals surface area contributed by atoms with E-state index in [0.29, 0.717) is 0 Å². The first-order valence-electron chi connectivity index (χ1n) is 6.66. The summed E-state index contributed by atoms with van der Waals surface area (Å²) in [5, 5.41) is 3.20. The lowest BCUT2D eigenvalue weighted by Gasteiger charge is -2.41. The van der Waals surface area contributed by atoms with Gasteiger partial charge in [0.05, 0.1) is 0 Å². The van der Waals surface area contributed by atoms with Gasteiger partial charge in [0.1, 0.15) is 8.07 Å². The Labute approximate surface area is 108 Å². The van der Waals surface area contributed by atoms with Crippen molar-refractivity contribution in [3.63, 3.8) is 0 Å². The SMILES string of the molecule is CC=C(C)[Si](c1ccccc1)(C(C)C)C(C)C. The van der Waals surface area contributed by atoms with Crippen molar-refractivity contribution in [2.24, 2.45) is 0 Å². The minimum atomic E-state index is -1.57. The molecule has 0 aliphatic carbocycles. The zero-order valence-corrected chi connectivity index (χ0v) is 13.1. The first-order valence-corrected chi connectivity index (χ1v) is 8.82. The van der Waals surface area contributed by atoms with Crippen LogP contribution in [0.4, 0.5) is 0 Å². The Bertz CT molecular complexity index is 366. The summed E-state index contributed by atoms with van der Waals surface area (Å²) in [5.74, 6) is 0. The van der Waals surface area contributed by atoms with Crippen molar-refractivity contribution in [1.82, 2.24) is 0 Å². The number of rotatable bonds is 4. The number of benzene rings is 1. The molecule has 0 saturated heterocycles. The van der Waals surface area contributed by atoms with Gasteiger partial charge >= 0.3 is 0 Å². The van der Waals surface area contributed by atoms with E-state index in [2.05, 4.69) is 78.0 Å². The van der Waals surface area contributed by atoms with Gasteiger partial charge in [-0.1, -0.05) is 74.5 Å². The van der Waals surface area contributed by atoms with Gasteiger partial charge < -0.3 is 0 Å². The van der Waals surface area contributed by atoms with E-state index < -0.39 is 8.07 Å². The third-order valence-electron chi connectivity index (χ3n) is 4.16. The van der Waals surface area contributed by atoms with E-state index in [-0.39, 0.29) is 0 Å². The molecule has 1 heteroatoms. The zero-order chi connectivity index (χ0) is 13.1. The van der Waals surface area contributed by atoms with Crippen molar-refractivity contribution in [2.45, 2.75) is 52.6 Å². The maximum absolute atomic E-state index is 2.40. The zero-order valence-electron chi connectivity index (χ0n) is 12.1. The maximum atomic E-state index is 2.40. The van der Waals surface area contributed by atoms with E-state index in [1.54, 1.807) is 10.4 Å². The second-order valence-electron chi connectivity index (χ2n) is 5.52. The highest BCUT2D eigenvalue weighted by molar-refractivity contribution is 6.99. The molecular weight excluding hydrogens is 220 g/mol. The molecule has 94 valence electrons. The molecule has 17 heavy (non-hydrogen) atoms. The Balaban J connectivity index is 3.47. The van der Waals surface area contributed by atoms with E-state index in [4.69, 9.17) is 0 Å². The molecule has 0 aliphatic heterocycles. The van der Waals surface area contributed by atoms with Gasteiger partial charge in [0.2, 0.25) is 0 Å². The fraction of sp³-hybridized carbons (Fsp3) is 0.500. The molecule has 0 unspecified atom stereocenters. The molecule has 0 heterocycles. The van der Waals surface area contributed by atoms with Crippen molar-refractivity contribution in [3.05, 3.63) is 41.6 Å². The molecule has 0 nitrogen and oxygen atoms in total. The highest BCUT2D eigenvalue weighted by Gasteiger charge is 2.42. The highest BCUT2D eigenvalue weighted by Crippen LogP contribution is 2.37. The summed E-state index contributed by atoms with van der Waals surface area (Å²) >= 11 is 0. The number of hydrogen-bond donors (Lipinski definition) is 0. The second-order valence-corrected chi connectivity index (χ2v) is 10.9. The van der Waals surface area contributed by atoms with Crippen LogP contribution >= 0.6 is 0 Å². The lowest BCUT2D eigenvalue weighted by Crippen LogP contribution is -2.54. The van der Waals surface area contributed by atoms with Crippen LogP contribution < -0.4 is 5.19 Å². The maximum Gasteiger partial charge on any atom is 0.117 e. The summed E-state index contributed by atoms with van der Waals surface area (Å²) < 4.78 is 0. The molecule has 1 aromatic rings. The van der Waals surface area contributed by atoms with Crippen LogP contribution in [0.1, 0.15) is 41.5 Å². The molecule has 0 radical (unpaired) electrons. The van der Waals surface area contributed by atoms with Gasteiger partial charge in [-0.2, -0.15) is 0 Å². The predicted molar refractivity (Wildman–Crippen MR) is 81.5 cm³/mol. The fourth-order valence-electron chi connectivity index (χ4n) is 3.42. The molecule has 0 aromatic heterocycles. The van der Waals surface area contributed by atoms with E-state index in [0.717, 1.165) is 11.1 Å². The van der Waals surface area contributed by atoms with E-state index >= 15 is 0 Å². The van der Waals surface area contributed by atoms with E-state index in [1.807, 2.05) is 0 Å². The molecule has 0 aliphatic rings. The monoisotopic (exact) mass is 246 g/mol. The first-order chi connectivity index (χ1) is 7.97. The van der Waals surface area contributed by atoms with Crippen molar-refractivity contribution in [3.8, 4) is 0 Å². The van der Waals surface area contributed by atoms with Crippen LogP contribution in [-0.4, -0.2) is 8.07 Å². The van der Waals surface area contributed by atoms with E-state index in [1.165, 1.54) is 0 Å². The van der Waals surface area contributed by atoms with E-state index in [9.17, 15) is 0 Å². The van der Waals surface area contributed by atoms with Crippen LogP contribution in [0.5, 0.6) is 0 Å². The van der Waals surface area contributed by atoms with Gasteiger partial charge in [-0.25, -0.2) is 0 Å². The summed E-state index contributed by atoms with van der Waals surface area (Å²) in [6, 6.07) is 11.2. The predicted octanol–water partition coefficient (Wildman–Crippen LogP) is 4.67. The van der Waals surface area contributed by atoms with Crippen molar-refractivity contribution < 1.29 is 0 Å². The lowest BCUT2D eigenvalue weighted by molar-refractivity contribution is 0.916. The molecule has 0 fully saturated rings. The van der Waals surface area contributed by atoms with Gasteiger partial charge in [0, 0.05) is 0 Å². The third-order valence-corrected chi connectivity index (χ3v) is 10.7. The molecule has 0 saturated carbocycles. The summed E-state index contributed by atoms with van der Waals surface area (Å²) in [6.07, 6.45) is 2.33. The lowest BCUT2D eigenvalue weighted by atomic mass is 10.4. The number of hydrogen-bond acceptors (Lipinski definition) is 0. The first kappa shape index (κ1) is 14.2. The minimum Gasteiger partial charge on any atom is -0.0922 e. The average molecular weight is 246 g/mol. The molecule has 1 aromatic carbocycles. The Morgan fingerprint density at radius 1 is 1.00 bits per heavy atom. The molecule has 0 amide bonds. The molecule has 0 N–H and O–H groups in total. The Hall–Kier alpha value is -0.823. The standard InChI is InChI=1S/C16H26Si/c1-7-15(6)17(13(2)3,14(4)5)16-11-9-8-10-12-16/h7-14H,1-6H3. The smallest absolute Gasteiger partial charge is 0.0922 e. The van der Waals surface area contributed by atoms with Crippen molar-refractivity contribution >= 4 is 13.3 Å². The summed E-state index contributed by atoms with van der Waals surface area (Å²) in [5.41, 5.74) is 1.47. The molecular formula is C16H26Si. The summed E-state index contributed by atoms with van der Waals surface area (Å²) in [6.45, 7) is 14.1. The fourth-order valence-corrected chi connectivity index (χ4v) is 9.59. The third kappa shape index (κ3) is 2.39. The van der Waals surface area contributed by atoms with Crippen LogP contribution in [0.25, 0.3) is 0 Å². The summed E-state index contributed by atoms with van der Waals surface area (Å²) in [7, 11) is -1.57. The average Bonchev–Trinajstić information content (AvgIpc) is 2.30. The Morgan fingerprint density at radius 2 is 1.47 bits per heavy atom. The van der Waals surface area contributed by atoms with Crippen molar-refractivity contribution in [2.75, 3.05) is 0 Å². The molecule has 0 bridgehead atoms. The van der Waals surface area contributed by atoms with Crippen LogP contribution in [0.3, 0.4) is 0 Å².